The highest BCUT2D eigenvalue weighted by molar-refractivity contribution is 5.34. The van der Waals surface area contributed by atoms with Crippen molar-refractivity contribution in [2.75, 3.05) is 7.11 Å². The van der Waals surface area contributed by atoms with Crippen LogP contribution < -0.4 is 4.74 Å². The zero-order chi connectivity index (χ0) is 12.3. The van der Waals surface area contributed by atoms with E-state index in [4.69, 9.17) is 4.74 Å². The molecule has 0 aliphatic heterocycles. The predicted molar refractivity (Wildman–Crippen MR) is 64.8 cm³/mol. The maximum atomic E-state index is 10.5. The van der Waals surface area contributed by atoms with Gasteiger partial charge in [-0.2, -0.15) is 5.26 Å². The van der Waals surface area contributed by atoms with Crippen LogP contribution in [0.25, 0.3) is 0 Å². The smallest absolute Gasteiger partial charge is 0.118 e. The van der Waals surface area contributed by atoms with Gasteiger partial charge in [0.2, 0.25) is 0 Å². The first-order valence-electron chi connectivity index (χ1n) is 5.95. The van der Waals surface area contributed by atoms with Crippen molar-refractivity contribution >= 4 is 0 Å². The molecule has 1 N–H and O–H groups in total. The van der Waals surface area contributed by atoms with Crippen molar-refractivity contribution in [2.45, 2.75) is 37.2 Å². The summed E-state index contributed by atoms with van der Waals surface area (Å²) < 4.78 is 5.09. The molecular weight excluding hydrogens is 214 g/mol. The van der Waals surface area contributed by atoms with Crippen molar-refractivity contribution in [2.24, 2.45) is 0 Å². The molecule has 0 bridgehead atoms. The molecule has 2 rings (SSSR count). The van der Waals surface area contributed by atoms with Gasteiger partial charge in [-0.3, -0.25) is 0 Å². The normalized spacial score (nSPS) is 19.6. The minimum Gasteiger partial charge on any atom is -0.497 e. The topological polar surface area (TPSA) is 53.2 Å². The van der Waals surface area contributed by atoms with Crippen molar-refractivity contribution < 1.29 is 9.84 Å². The fraction of sp³-hybridized carbons (Fsp3) is 0.500. The molecule has 1 unspecified atom stereocenters. The lowest BCUT2D eigenvalue weighted by atomic mass is 9.82. The lowest BCUT2D eigenvalue weighted by Crippen LogP contribution is -2.32. The number of hydrogen-bond donors (Lipinski definition) is 1. The molecule has 0 saturated heterocycles. The molecule has 1 aliphatic rings. The molecule has 1 fully saturated rings. The van der Waals surface area contributed by atoms with Gasteiger partial charge in [-0.15, -0.1) is 0 Å². The predicted octanol–water partition coefficient (Wildman–Crippen LogP) is 2.61. The SMILES string of the molecule is COc1ccc(C(C#N)C2(O)CCCC2)cc1. The third kappa shape index (κ3) is 2.27. The van der Waals surface area contributed by atoms with E-state index < -0.39 is 11.5 Å². The Morgan fingerprint density at radius 1 is 1.29 bits per heavy atom. The molecule has 1 atom stereocenters. The van der Waals surface area contributed by atoms with Gasteiger partial charge in [0, 0.05) is 0 Å². The van der Waals surface area contributed by atoms with E-state index in [-0.39, 0.29) is 0 Å². The summed E-state index contributed by atoms with van der Waals surface area (Å²) in [6.45, 7) is 0. The first-order chi connectivity index (χ1) is 8.19. The van der Waals surface area contributed by atoms with Crippen LogP contribution in [0.5, 0.6) is 5.75 Å². The van der Waals surface area contributed by atoms with Crippen LogP contribution in [0.2, 0.25) is 0 Å². The van der Waals surface area contributed by atoms with Crippen LogP contribution >= 0.6 is 0 Å². The number of benzene rings is 1. The van der Waals surface area contributed by atoms with Crippen LogP contribution in [0.3, 0.4) is 0 Å². The molecule has 0 spiro atoms. The average Bonchev–Trinajstić information content (AvgIpc) is 2.78. The number of hydrogen-bond acceptors (Lipinski definition) is 3. The summed E-state index contributed by atoms with van der Waals surface area (Å²) in [6.07, 6.45) is 3.45. The second kappa shape index (κ2) is 4.77. The summed E-state index contributed by atoms with van der Waals surface area (Å²) >= 11 is 0. The van der Waals surface area contributed by atoms with E-state index in [1.807, 2.05) is 24.3 Å². The van der Waals surface area contributed by atoms with E-state index >= 15 is 0 Å². The lowest BCUT2D eigenvalue weighted by Gasteiger charge is -2.27. The van der Waals surface area contributed by atoms with Gasteiger partial charge >= 0.3 is 0 Å². The zero-order valence-electron chi connectivity index (χ0n) is 10.0. The van der Waals surface area contributed by atoms with E-state index in [1.54, 1.807) is 7.11 Å². The van der Waals surface area contributed by atoms with Gasteiger partial charge in [-0.25, -0.2) is 0 Å². The second-order valence-corrected chi connectivity index (χ2v) is 4.65. The maximum absolute atomic E-state index is 10.5. The van der Waals surface area contributed by atoms with Gasteiger partial charge in [0.1, 0.15) is 5.75 Å². The highest BCUT2D eigenvalue weighted by Crippen LogP contribution is 2.41. The minimum absolute atomic E-state index is 0.434. The number of ether oxygens (including phenoxy) is 1. The summed E-state index contributed by atoms with van der Waals surface area (Å²) in [6, 6.07) is 9.64. The quantitative estimate of drug-likeness (QED) is 0.870. The van der Waals surface area contributed by atoms with E-state index in [1.165, 1.54) is 0 Å². The maximum Gasteiger partial charge on any atom is 0.118 e. The molecule has 0 aromatic heterocycles. The molecule has 0 heterocycles. The molecular formula is C14H17NO2. The van der Waals surface area contributed by atoms with Gasteiger partial charge in [0.15, 0.2) is 0 Å². The van der Waals surface area contributed by atoms with E-state index in [9.17, 15) is 10.4 Å². The fourth-order valence-corrected chi connectivity index (χ4v) is 2.58. The molecule has 3 nitrogen and oxygen atoms in total. The molecule has 1 saturated carbocycles. The summed E-state index contributed by atoms with van der Waals surface area (Å²) in [5, 5.41) is 19.8. The molecule has 1 aromatic carbocycles. The summed E-state index contributed by atoms with van der Waals surface area (Å²) in [4.78, 5) is 0. The van der Waals surface area contributed by atoms with Crippen LogP contribution in [0.1, 0.15) is 37.2 Å². The molecule has 0 amide bonds. The van der Waals surface area contributed by atoms with Crippen molar-refractivity contribution in [3.05, 3.63) is 29.8 Å². The van der Waals surface area contributed by atoms with Crippen molar-refractivity contribution in [1.82, 2.24) is 0 Å². The number of rotatable bonds is 3. The van der Waals surface area contributed by atoms with Gasteiger partial charge in [-0.05, 0) is 30.5 Å². The summed E-state index contributed by atoms with van der Waals surface area (Å²) in [7, 11) is 1.61. The number of nitriles is 1. The van der Waals surface area contributed by atoms with Crippen LogP contribution in [0.4, 0.5) is 0 Å². The zero-order valence-corrected chi connectivity index (χ0v) is 10.0. The molecule has 1 aromatic rings. The average molecular weight is 231 g/mol. The van der Waals surface area contributed by atoms with Crippen molar-refractivity contribution in [1.29, 1.82) is 5.26 Å². The van der Waals surface area contributed by atoms with Crippen molar-refractivity contribution in [3.63, 3.8) is 0 Å². The Hall–Kier alpha value is -1.53. The summed E-state index contributed by atoms with van der Waals surface area (Å²) in [5.74, 6) is 0.333. The highest BCUT2D eigenvalue weighted by Gasteiger charge is 2.40. The number of aliphatic hydroxyl groups is 1. The Kier molecular flexibility index (Phi) is 3.35. The van der Waals surface area contributed by atoms with Gasteiger partial charge in [0.05, 0.1) is 24.7 Å². The molecule has 17 heavy (non-hydrogen) atoms. The summed E-state index contributed by atoms with van der Waals surface area (Å²) in [5.41, 5.74) is 0.0290. The largest absolute Gasteiger partial charge is 0.497 e. The van der Waals surface area contributed by atoms with Crippen molar-refractivity contribution in [3.8, 4) is 11.8 Å². The first kappa shape index (κ1) is 11.9. The van der Waals surface area contributed by atoms with E-state index in [2.05, 4.69) is 6.07 Å². The Morgan fingerprint density at radius 3 is 2.35 bits per heavy atom. The fourth-order valence-electron chi connectivity index (χ4n) is 2.58. The Bertz CT molecular complexity index is 413. The van der Waals surface area contributed by atoms with Crippen LogP contribution in [0, 0.1) is 11.3 Å². The molecule has 90 valence electrons. The Balaban J connectivity index is 2.26. The second-order valence-electron chi connectivity index (χ2n) is 4.65. The van der Waals surface area contributed by atoms with Crippen LogP contribution in [0.15, 0.2) is 24.3 Å². The van der Waals surface area contributed by atoms with Gasteiger partial charge < -0.3 is 9.84 Å². The van der Waals surface area contributed by atoms with Crippen LogP contribution in [-0.4, -0.2) is 17.8 Å². The van der Waals surface area contributed by atoms with E-state index in [0.717, 1.165) is 37.0 Å². The number of nitrogens with zero attached hydrogens (tertiary/aromatic N) is 1. The minimum atomic E-state index is -0.844. The molecule has 0 radical (unpaired) electrons. The standard InChI is InChI=1S/C14H17NO2/c1-17-12-6-4-11(5-7-12)13(10-15)14(16)8-2-3-9-14/h4-7,13,16H,2-3,8-9H2,1H3. The number of methoxy groups -OCH3 is 1. The third-order valence-electron chi connectivity index (χ3n) is 3.58. The molecule has 3 heteroatoms. The highest BCUT2D eigenvalue weighted by atomic mass is 16.5. The first-order valence-corrected chi connectivity index (χ1v) is 5.95. The lowest BCUT2D eigenvalue weighted by molar-refractivity contribution is 0.0352. The Morgan fingerprint density at radius 2 is 1.88 bits per heavy atom. The van der Waals surface area contributed by atoms with Crippen LogP contribution in [-0.2, 0) is 0 Å². The molecule has 1 aliphatic carbocycles. The monoisotopic (exact) mass is 231 g/mol. The van der Waals surface area contributed by atoms with Gasteiger partial charge in [0.25, 0.3) is 0 Å². The van der Waals surface area contributed by atoms with E-state index in [0.29, 0.717) is 0 Å². The Labute approximate surface area is 102 Å². The van der Waals surface area contributed by atoms with Gasteiger partial charge in [-0.1, -0.05) is 25.0 Å². The third-order valence-corrected chi connectivity index (χ3v) is 3.58.